The first-order chi connectivity index (χ1) is 16.1. The third kappa shape index (κ3) is 3.40. The molecule has 1 aromatic carbocycles. The molecule has 0 aliphatic heterocycles. The summed E-state index contributed by atoms with van der Waals surface area (Å²) in [6, 6.07) is 6.20. The van der Waals surface area contributed by atoms with Gasteiger partial charge in [0.25, 0.3) is 0 Å². The number of fused-ring (bicyclic) bond motifs is 5. The van der Waals surface area contributed by atoms with E-state index in [1.54, 1.807) is 6.92 Å². The summed E-state index contributed by atoms with van der Waals surface area (Å²) in [5.74, 6) is -0.512. The van der Waals surface area contributed by atoms with Crippen LogP contribution in [-0.2, 0) is 5.41 Å². The van der Waals surface area contributed by atoms with Crippen molar-refractivity contribution in [1.29, 1.82) is 0 Å². The lowest BCUT2D eigenvalue weighted by atomic mass is 9.68. The van der Waals surface area contributed by atoms with E-state index in [-0.39, 0.29) is 28.0 Å². The maximum atomic E-state index is 14.5. The lowest BCUT2D eigenvalue weighted by molar-refractivity contribution is 0.205. The van der Waals surface area contributed by atoms with E-state index in [1.807, 2.05) is 20.2 Å². The topological polar surface area (TPSA) is 71.2 Å². The Labute approximate surface area is 198 Å². The molecule has 3 aromatic rings. The van der Waals surface area contributed by atoms with Crippen molar-refractivity contribution in [2.45, 2.75) is 44.9 Å². The number of likely N-dealkylation sites (N-methyl/N-ethyl adjacent to an activating group) is 1. The van der Waals surface area contributed by atoms with Gasteiger partial charge in [0.1, 0.15) is 11.6 Å². The number of hydrogen-bond acceptors (Lipinski definition) is 7. The largest absolute Gasteiger partial charge is 0.408 e. The Balaban J connectivity index is 1.57. The molecule has 2 atom stereocenters. The maximum absolute atomic E-state index is 14.5. The van der Waals surface area contributed by atoms with E-state index >= 15 is 0 Å². The molecule has 9 heteroatoms. The zero-order chi connectivity index (χ0) is 24.3. The molecule has 0 spiro atoms. The van der Waals surface area contributed by atoms with E-state index in [4.69, 9.17) is 4.42 Å². The lowest BCUT2D eigenvalue weighted by Gasteiger charge is -2.41. The number of benzene rings is 1. The fraction of sp³-hybridized carbons (Fsp3) is 0.520. The Kier molecular flexibility index (Phi) is 5.42. The average Bonchev–Trinajstić information content (AvgIpc) is 3.37. The smallest absolute Gasteiger partial charge is 0.318 e. The lowest BCUT2D eigenvalue weighted by Crippen LogP contribution is -2.48. The van der Waals surface area contributed by atoms with Gasteiger partial charge in [0.2, 0.25) is 5.89 Å². The molecule has 2 aliphatic rings. The van der Waals surface area contributed by atoms with E-state index in [1.165, 1.54) is 18.2 Å². The van der Waals surface area contributed by atoms with Crippen LogP contribution in [0.25, 0.3) is 11.3 Å². The van der Waals surface area contributed by atoms with Crippen LogP contribution in [0, 0.1) is 24.0 Å². The van der Waals surface area contributed by atoms with Crippen LogP contribution in [0.2, 0.25) is 0 Å². The molecular weight excluding hydrogens is 438 g/mol. The summed E-state index contributed by atoms with van der Waals surface area (Å²) in [6.45, 7) is 8.51. The molecule has 0 amide bonds. The molecule has 2 aromatic heterocycles. The highest BCUT2D eigenvalue weighted by Gasteiger charge is 2.64. The number of rotatable bonds is 7. The molecular formula is C25H30F2N6O. The van der Waals surface area contributed by atoms with Crippen molar-refractivity contribution in [1.82, 2.24) is 25.3 Å². The summed E-state index contributed by atoms with van der Waals surface area (Å²) < 4.78 is 34.8. The third-order valence-corrected chi connectivity index (χ3v) is 7.90. The van der Waals surface area contributed by atoms with Crippen LogP contribution in [0.1, 0.15) is 49.8 Å². The first-order valence-corrected chi connectivity index (χ1v) is 11.7. The van der Waals surface area contributed by atoms with Crippen molar-refractivity contribution in [3.8, 4) is 11.3 Å². The van der Waals surface area contributed by atoms with E-state index in [9.17, 15) is 8.78 Å². The van der Waals surface area contributed by atoms with Crippen molar-refractivity contribution >= 4 is 6.01 Å². The molecule has 5 rings (SSSR count). The second-order valence-electron chi connectivity index (χ2n) is 10.4. The van der Waals surface area contributed by atoms with Crippen LogP contribution in [0.4, 0.5) is 14.8 Å². The van der Waals surface area contributed by atoms with Gasteiger partial charge in [-0.05, 0) is 62.0 Å². The van der Waals surface area contributed by atoms with Gasteiger partial charge in [0.15, 0.2) is 0 Å². The first-order valence-electron chi connectivity index (χ1n) is 11.7. The summed E-state index contributed by atoms with van der Waals surface area (Å²) >= 11 is 0. The zero-order valence-electron chi connectivity index (χ0n) is 20.3. The zero-order valence-corrected chi connectivity index (χ0v) is 20.3. The van der Waals surface area contributed by atoms with Gasteiger partial charge in [-0.15, -0.1) is 5.10 Å². The molecule has 1 saturated carbocycles. The summed E-state index contributed by atoms with van der Waals surface area (Å²) in [7, 11) is 4.07. The van der Waals surface area contributed by atoms with Crippen LogP contribution in [0.3, 0.4) is 0 Å². The van der Waals surface area contributed by atoms with Gasteiger partial charge in [-0.2, -0.15) is 10.2 Å². The maximum Gasteiger partial charge on any atom is 0.318 e. The molecule has 34 heavy (non-hydrogen) atoms. The van der Waals surface area contributed by atoms with Crippen molar-refractivity contribution in [3.05, 3.63) is 53.0 Å². The highest BCUT2D eigenvalue weighted by Crippen LogP contribution is 2.67. The number of hydrogen-bond donors (Lipinski definition) is 0. The number of aryl methyl sites for hydroxylation is 1. The summed E-state index contributed by atoms with van der Waals surface area (Å²) in [4.78, 5) is 4.26. The minimum absolute atomic E-state index is 0.123. The normalized spacial score (nSPS) is 22.4. The van der Waals surface area contributed by atoms with Crippen molar-refractivity contribution in [2.75, 3.05) is 38.6 Å². The fourth-order valence-corrected chi connectivity index (χ4v) is 5.94. The van der Waals surface area contributed by atoms with Gasteiger partial charge in [-0.1, -0.05) is 25.0 Å². The molecule has 2 aliphatic carbocycles. The predicted molar refractivity (Wildman–Crippen MR) is 125 cm³/mol. The Morgan fingerprint density at radius 3 is 2.44 bits per heavy atom. The molecule has 2 bridgehead atoms. The molecule has 0 unspecified atom stereocenters. The van der Waals surface area contributed by atoms with E-state index < -0.39 is 11.6 Å². The molecule has 0 N–H and O–H groups in total. The molecule has 1 fully saturated rings. The summed E-state index contributed by atoms with van der Waals surface area (Å²) in [5, 5.41) is 17.3. The van der Waals surface area contributed by atoms with Crippen molar-refractivity contribution in [3.63, 3.8) is 0 Å². The number of anilines is 1. The van der Waals surface area contributed by atoms with Gasteiger partial charge in [-0.25, -0.2) is 8.78 Å². The van der Waals surface area contributed by atoms with E-state index in [0.29, 0.717) is 18.5 Å². The molecule has 2 heterocycles. The monoisotopic (exact) mass is 468 g/mol. The van der Waals surface area contributed by atoms with Gasteiger partial charge >= 0.3 is 6.01 Å². The minimum atomic E-state index is -0.631. The molecule has 180 valence electrons. The SMILES string of the molecule is Cc1nnc(N(CCN(C)C)C[C@@]23CC[C@@H](c4cc(-c5c(F)cccc5F)nnc42)C3(C)C)o1. The third-order valence-electron chi connectivity index (χ3n) is 7.90. The fourth-order valence-electron chi connectivity index (χ4n) is 5.94. The van der Waals surface area contributed by atoms with Gasteiger partial charge in [-0.3, -0.25) is 0 Å². The second-order valence-corrected chi connectivity index (χ2v) is 10.4. The average molecular weight is 469 g/mol. The van der Waals surface area contributed by atoms with Crippen molar-refractivity contribution in [2.24, 2.45) is 5.41 Å². The second kappa shape index (κ2) is 8.08. The summed E-state index contributed by atoms with van der Waals surface area (Å²) in [5.41, 5.74) is 1.66. The highest BCUT2D eigenvalue weighted by atomic mass is 19.1. The standard InChI is InChI=1S/C25H30F2N6O/c1-15-28-31-23(34-15)33(12-11-32(4)5)14-25-10-9-17(24(25,2)3)16-13-20(29-30-22(16)25)21-18(26)7-6-8-19(21)27/h6-8,13,17H,9-12,14H2,1-5H3/t17-,25-/m0/s1. The van der Waals surface area contributed by atoms with Crippen molar-refractivity contribution < 1.29 is 13.2 Å². The summed E-state index contributed by atoms with van der Waals surface area (Å²) in [6.07, 6.45) is 1.93. The number of halogens is 2. The molecule has 0 radical (unpaired) electrons. The van der Waals surface area contributed by atoms with Gasteiger partial charge < -0.3 is 14.2 Å². The Morgan fingerprint density at radius 2 is 1.79 bits per heavy atom. The van der Waals surface area contributed by atoms with Gasteiger partial charge in [0, 0.05) is 32.0 Å². The van der Waals surface area contributed by atoms with E-state index in [2.05, 4.69) is 44.0 Å². The minimum Gasteiger partial charge on any atom is -0.408 e. The molecule has 0 saturated heterocycles. The number of aromatic nitrogens is 4. The van der Waals surface area contributed by atoms with Crippen LogP contribution >= 0.6 is 0 Å². The Hall–Kier alpha value is -2.94. The Morgan fingerprint density at radius 1 is 1.06 bits per heavy atom. The molecule has 7 nitrogen and oxygen atoms in total. The predicted octanol–water partition coefficient (Wildman–Crippen LogP) is 4.34. The quantitative estimate of drug-likeness (QED) is 0.511. The highest BCUT2D eigenvalue weighted by molar-refractivity contribution is 5.63. The van der Waals surface area contributed by atoms with E-state index in [0.717, 1.165) is 37.2 Å². The van der Waals surface area contributed by atoms with Gasteiger partial charge in [0.05, 0.1) is 17.0 Å². The van der Waals surface area contributed by atoms with Crippen LogP contribution in [0.5, 0.6) is 0 Å². The first kappa shape index (κ1) is 22.8. The van der Waals surface area contributed by atoms with Crippen LogP contribution in [-0.4, -0.2) is 59.0 Å². The van der Waals surface area contributed by atoms with Crippen LogP contribution in [0.15, 0.2) is 28.7 Å². The van der Waals surface area contributed by atoms with Crippen LogP contribution < -0.4 is 4.90 Å². The number of nitrogens with zero attached hydrogens (tertiary/aromatic N) is 6. The Bertz CT molecular complexity index is 1210.